The quantitative estimate of drug-likeness (QED) is 0.597. The van der Waals surface area contributed by atoms with Crippen LogP contribution in [0.1, 0.15) is 23.1 Å². The van der Waals surface area contributed by atoms with Crippen LogP contribution in [0.25, 0.3) is 11.5 Å². The maximum atomic E-state index is 12.1. The summed E-state index contributed by atoms with van der Waals surface area (Å²) < 4.78 is 4.02. The van der Waals surface area contributed by atoms with Gasteiger partial charge in [-0.2, -0.15) is 0 Å². The molecule has 0 aliphatic carbocycles. The maximum absolute atomic E-state index is 12.1. The SMILES string of the molecule is O=c1ccn2c(c1O)-c1nccn1C[C@@H]2C(c1ccccc1)c1ccccc1. The Morgan fingerprint density at radius 1 is 0.929 bits per heavy atom. The topological polar surface area (TPSA) is 60.1 Å². The highest BCUT2D eigenvalue weighted by Crippen LogP contribution is 2.42. The first-order valence-corrected chi connectivity index (χ1v) is 9.29. The zero-order valence-electron chi connectivity index (χ0n) is 15.1. The molecule has 2 aromatic heterocycles. The van der Waals surface area contributed by atoms with Gasteiger partial charge in [-0.3, -0.25) is 4.79 Å². The summed E-state index contributed by atoms with van der Waals surface area (Å²) in [5, 5.41) is 10.6. The van der Waals surface area contributed by atoms with Crippen LogP contribution in [0.5, 0.6) is 5.75 Å². The largest absolute Gasteiger partial charge is 0.503 e. The molecule has 0 fully saturated rings. The van der Waals surface area contributed by atoms with Gasteiger partial charge in [0.2, 0.25) is 5.43 Å². The maximum Gasteiger partial charge on any atom is 0.223 e. The Kier molecular flexibility index (Phi) is 3.86. The molecule has 0 saturated heterocycles. The average Bonchev–Trinajstić information content (AvgIpc) is 3.21. The molecule has 1 aliphatic rings. The number of nitrogens with zero attached hydrogens (tertiary/aromatic N) is 3. The molecular formula is C23H19N3O2. The molecule has 5 rings (SSSR count). The highest BCUT2D eigenvalue weighted by Gasteiger charge is 2.34. The first-order valence-electron chi connectivity index (χ1n) is 9.29. The van der Waals surface area contributed by atoms with Gasteiger partial charge in [0.1, 0.15) is 5.69 Å². The van der Waals surface area contributed by atoms with Gasteiger partial charge >= 0.3 is 0 Å². The van der Waals surface area contributed by atoms with E-state index in [1.807, 2.05) is 51.7 Å². The van der Waals surface area contributed by atoms with Crippen LogP contribution in [0.15, 0.2) is 90.1 Å². The van der Waals surface area contributed by atoms with Crippen LogP contribution < -0.4 is 5.43 Å². The molecule has 1 atom stereocenters. The molecule has 0 unspecified atom stereocenters. The minimum Gasteiger partial charge on any atom is -0.503 e. The van der Waals surface area contributed by atoms with E-state index in [4.69, 9.17) is 0 Å². The van der Waals surface area contributed by atoms with E-state index in [0.717, 1.165) is 0 Å². The number of benzene rings is 2. The van der Waals surface area contributed by atoms with Crippen molar-refractivity contribution in [2.75, 3.05) is 0 Å². The number of hydrogen-bond acceptors (Lipinski definition) is 3. The third kappa shape index (κ3) is 2.55. The molecule has 2 aromatic carbocycles. The minimum atomic E-state index is -0.391. The molecule has 5 nitrogen and oxygen atoms in total. The van der Waals surface area contributed by atoms with E-state index < -0.39 is 5.43 Å². The molecule has 0 spiro atoms. The van der Waals surface area contributed by atoms with Gasteiger partial charge in [0, 0.05) is 37.1 Å². The Labute approximate surface area is 162 Å². The summed E-state index contributed by atoms with van der Waals surface area (Å²) in [6.07, 6.45) is 5.38. The van der Waals surface area contributed by atoms with Crippen molar-refractivity contribution in [3.63, 3.8) is 0 Å². The number of pyridine rings is 1. The lowest BCUT2D eigenvalue weighted by Crippen LogP contribution is -2.30. The van der Waals surface area contributed by atoms with E-state index in [9.17, 15) is 9.90 Å². The summed E-state index contributed by atoms with van der Waals surface area (Å²) in [6.45, 7) is 0.694. The molecule has 0 saturated carbocycles. The van der Waals surface area contributed by atoms with E-state index in [1.165, 1.54) is 17.2 Å². The molecule has 28 heavy (non-hydrogen) atoms. The number of aromatic nitrogens is 3. The summed E-state index contributed by atoms with van der Waals surface area (Å²) in [7, 11) is 0. The lowest BCUT2D eigenvalue weighted by Gasteiger charge is -2.36. The highest BCUT2D eigenvalue weighted by atomic mass is 16.3. The summed E-state index contributed by atoms with van der Waals surface area (Å²) in [4.78, 5) is 16.5. The zero-order valence-corrected chi connectivity index (χ0v) is 15.1. The predicted molar refractivity (Wildman–Crippen MR) is 107 cm³/mol. The summed E-state index contributed by atoms with van der Waals surface area (Å²) in [5.74, 6) is 0.421. The van der Waals surface area contributed by atoms with E-state index in [0.29, 0.717) is 18.1 Å². The molecule has 138 valence electrons. The highest BCUT2D eigenvalue weighted by molar-refractivity contribution is 5.61. The fraction of sp³-hybridized carbons (Fsp3) is 0.130. The van der Waals surface area contributed by atoms with Crippen LogP contribution in [-0.4, -0.2) is 19.2 Å². The number of hydrogen-bond donors (Lipinski definition) is 1. The Hall–Kier alpha value is -3.60. The van der Waals surface area contributed by atoms with Crippen molar-refractivity contribution in [3.8, 4) is 17.3 Å². The fourth-order valence-corrected chi connectivity index (χ4v) is 4.22. The number of aromatic hydroxyl groups is 1. The van der Waals surface area contributed by atoms with Crippen molar-refractivity contribution in [1.82, 2.24) is 14.1 Å². The van der Waals surface area contributed by atoms with E-state index in [2.05, 4.69) is 29.2 Å². The normalized spacial score (nSPS) is 15.2. The van der Waals surface area contributed by atoms with Crippen LogP contribution in [0.4, 0.5) is 0 Å². The van der Waals surface area contributed by atoms with Crippen molar-refractivity contribution in [1.29, 1.82) is 0 Å². The van der Waals surface area contributed by atoms with Gasteiger partial charge in [-0.25, -0.2) is 4.98 Å². The van der Waals surface area contributed by atoms with Gasteiger partial charge in [0.25, 0.3) is 0 Å². The third-order valence-corrected chi connectivity index (χ3v) is 5.47. The third-order valence-electron chi connectivity index (χ3n) is 5.47. The summed E-state index contributed by atoms with van der Waals surface area (Å²) in [6, 6.07) is 22.1. The van der Waals surface area contributed by atoms with E-state index in [-0.39, 0.29) is 17.7 Å². The molecule has 1 aliphatic heterocycles. The lowest BCUT2D eigenvalue weighted by molar-refractivity contribution is 0.363. The molecule has 0 radical (unpaired) electrons. The fourth-order valence-electron chi connectivity index (χ4n) is 4.22. The number of rotatable bonds is 3. The first kappa shape index (κ1) is 16.6. The molecule has 1 N–H and O–H groups in total. The van der Waals surface area contributed by atoms with Crippen molar-refractivity contribution < 1.29 is 5.11 Å². The summed E-state index contributed by atoms with van der Waals surface area (Å²) in [5.41, 5.74) is 2.46. The van der Waals surface area contributed by atoms with Crippen LogP contribution >= 0.6 is 0 Å². The summed E-state index contributed by atoms with van der Waals surface area (Å²) >= 11 is 0. The van der Waals surface area contributed by atoms with Crippen molar-refractivity contribution in [2.45, 2.75) is 18.5 Å². The smallest absolute Gasteiger partial charge is 0.223 e. The van der Waals surface area contributed by atoms with Gasteiger partial charge in [-0.1, -0.05) is 60.7 Å². The molecule has 0 amide bonds. The average molecular weight is 369 g/mol. The Morgan fingerprint density at radius 3 is 2.21 bits per heavy atom. The minimum absolute atomic E-state index is 0.0204. The van der Waals surface area contributed by atoms with Crippen LogP contribution in [0.2, 0.25) is 0 Å². The lowest BCUT2D eigenvalue weighted by atomic mass is 9.84. The van der Waals surface area contributed by atoms with Gasteiger partial charge in [0.15, 0.2) is 11.6 Å². The van der Waals surface area contributed by atoms with Crippen LogP contribution in [0, 0.1) is 0 Å². The van der Waals surface area contributed by atoms with Gasteiger partial charge in [-0.15, -0.1) is 0 Å². The molecule has 4 aromatic rings. The van der Waals surface area contributed by atoms with Crippen molar-refractivity contribution >= 4 is 0 Å². The molecule has 5 heteroatoms. The van der Waals surface area contributed by atoms with Gasteiger partial charge < -0.3 is 14.2 Å². The molecule has 3 heterocycles. The van der Waals surface area contributed by atoms with E-state index >= 15 is 0 Å². The first-order chi connectivity index (χ1) is 13.7. The second-order valence-electron chi connectivity index (χ2n) is 7.05. The Morgan fingerprint density at radius 2 is 1.57 bits per heavy atom. The van der Waals surface area contributed by atoms with Crippen LogP contribution in [0.3, 0.4) is 0 Å². The van der Waals surface area contributed by atoms with Gasteiger partial charge in [-0.05, 0) is 11.1 Å². The predicted octanol–water partition coefficient (Wildman–Crippen LogP) is 3.80. The zero-order chi connectivity index (χ0) is 19.1. The molecule has 0 bridgehead atoms. The Bertz CT molecular complexity index is 1140. The Balaban J connectivity index is 1.76. The molecular weight excluding hydrogens is 350 g/mol. The van der Waals surface area contributed by atoms with Crippen molar-refractivity contribution in [2.24, 2.45) is 0 Å². The van der Waals surface area contributed by atoms with Gasteiger partial charge in [0.05, 0.1) is 6.04 Å². The number of fused-ring (bicyclic) bond motifs is 3. The second-order valence-corrected chi connectivity index (χ2v) is 7.05. The van der Waals surface area contributed by atoms with Crippen molar-refractivity contribution in [3.05, 3.63) is 107 Å². The van der Waals surface area contributed by atoms with E-state index in [1.54, 1.807) is 12.4 Å². The standard InChI is InChI=1S/C23H19N3O2/c27-19-11-13-26-18(15-25-14-12-24-23(25)21(26)22(19)28)20(16-7-3-1-4-8-16)17-9-5-2-6-10-17/h1-14,18,20,28H,15H2/t18-/m1/s1. The van der Waals surface area contributed by atoms with Crippen LogP contribution in [-0.2, 0) is 6.54 Å². The monoisotopic (exact) mass is 369 g/mol. The number of imidazole rings is 1. The second kappa shape index (κ2) is 6.53.